The molecule has 26 heavy (non-hydrogen) atoms. The van der Waals surface area contributed by atoms with Gasteiger partial charge in [0.15, 0.2) is 0 Å². The molecule has 0 aromatic heterocycles. The number of benzene rings is 2. The second kappa shape index (κ2) is 11.1. The summed E-state index contributed by atoms with van der Waals surface area (Å²) in [5, 5.41) is 0. The first-order valence-electron chi connectivity index (χ1n) is 9.36. The third-order valence-corrected chi connectivity index (χ3v) is 4.15. The van der Waals surface area contributed by atoms with Crippen LogP contribution in [-0.2, 0) is 4.74 Å². The molecule has 0 saturated carbocycles. The molecule has 2 aromatic rings. The van der Waals surface area contributed by atoms with Gasteiger partial charge in [0.25, 0.3) is 0 Å². The van der Waals surface area contributed by atoms with Crippen LogP contribution >= 0.6 is 0 Å². The minimum atomic E-state index is -0.285. The molecule has 0 atom stereocenters. The Bertz CT molecular complexity index is 672. The first-order chi connectivity index (χ1) is 12.7. The molecule has 0 fully saturated rings. The molecule has 3 heteroatoms. The summed E-state index contributed by atoms with van der Waals surface area (Å²) in [5.41, 5.74) is 2.73. The molecule has 138 valence electrons. The Balaban J connectivity index is 1.81. The SMILES string of the molecule is C=CCCCCCCOc1ccc(-c2ccc(C(=O)OCC)cc2)cc1. The van der Waals surface area contributed by atoms with E-state index in [1.165, 1.54) is 19.3 Å². The third-order valence-electron chi connectivity index (χ3n) is 4.15. The number of carbonyl (C=O) groups excluding carboxylic acids is 1. The van der Waals surface area contributed by atoms with Crippen molar-refractivity contribution in [2.45, 2.75) is 39.0 Å². The van der Waals surface area contributed by atoms with Gasteiger partial charge in [0.2, 0.25) is 0 Å². The van der Waals surface area contributed by atoms with Crippen LogP contribution in [0.3, 0.4) is 0 Å². The average Bonchev–Trinajstić information content (AvgIpc) is 2.68. The number of rotatable bonds is 11. The van der Waals surface area contributed by atoms with Gasteiger partial charge in [-0.15, -0.1) is 6.58 Å². The summed E-state index contributed by atoms with van der Waals surface area (Å²) in [6, 6.07) is 15.5. The summed E-state index contributed by atoms with van der Waals surface area (Å²) in [5.74, 6) is 0.607. The molecule has 0 spiro atoms. The van der Waals surface area contributed by atoms with Crippen LogP contribution in [0.5, 0.6) is 5.75 Å². The molecule has 0 radical (unpaired) electrons. The maximum atomic E-state index is 11.7. The highest BCUT2D eigenvalue weighted by Crippen LogP contribution is 2.23. The molecule has 0 N–H and O–H groups in total. The molecule has 0 unspecified atom stereocenters. The molecular formula is C23H28O3. The molecule has 0 aliphatic rings. The summed E-state index contributed by atoms with van der Waals surface area (Å²) in [6.07, 6.45) is 7.79. The topological polar surface area (TPSA) is 35.5 Å². The maximum Gasteiger partial charge on any atom is 0.338 e. The molecule has 0 amide bonds. The standard InChI is InChI=1S/C23H28O3/c1-3-5-6-7-8-9-18-26-22-16-14-20(15-17-22)19-10-12-21(13-11-19)23(24)25-4-2/h3,10-17H,1,4-9,18H2,2H3. The lowest BCUT2D eigenvalue weighted by atomic mass is 10.0. The van der Waals surface area contributed by atoms with Gasteiger partial charge in [-0.3, -0.25) is 0 Å². The van der Waals surface area contributed by atoms with E-state index in [2.05, 4.69) is 6.58 Å². The summed E-state index contributed by atoms with van der Waals surface area (Å²) in [4.78, 5) is 11.7. The van der Waals surface area contributed by atoms with Gasteiger partial charge in [0.05, 0.1) is 18.8 Å². The lowest BCUT2D eigenvalue weighted by Gasteiger charge is -2.08. The lowest BCUT2D eigenvalue weighted by molar-refractivity contribution is 0.0526. The molecule has 0 heterocycles. The van der Waals surface area contributed by atoms with E-state index in [4.69, 9.17) is 9.47 Å². The zero-order valence-electron chi connectivity index (χ0n) is 15.6. The Morgan fingerprint density at radius 2 is 1.54 bits per heavy atom. The summed E-state index contributed by atoms with van der Waals surface area (Å²) < 4.78 is 10.8. The highest BCUT2D eigenvalue weighted by atomic mass is 16.5. The molecule has 0 saturated heterocycles. The van der Waals surface area contributed by atoms with Crippen molar-refractivity contribution >= 4 is 5.97 Å². The fourth-order valence-corrected chi connectivity index (χ4v) is 2.69. The molecule has 2 rings (SSSR count). The van der Waals surface area contributed by atoms with Gasteiger partial charge < -0.3 is 9.47 Å². The quantitative estimate of drug-likeness (QED) is 0.281. The predicted molar refractivity (Wildman–Crippen MR) is 107 cm³/mol. The highest BCUT2D eigenvalue weighted by molar-refractivity contribution is 5.90. The Hall–Kier alpha value is -2.55. The van der Waals surface area contributed by atoms with Crippen LogP contribution in [0.15, 0.2) is 61.2 Å². The van der Waals surface area contributed by atoms with Crippen LogP contribution in [-0.4, -0.2) is 19.2 Å². The van der Waals surface area contributed by atoms with E-state index in [1.807, 2.05) is 42.5 Å². The number of ether oxygens (including phenoxy) is 2. The van der Waals surface area contributed by atoms with Crippen molar-refractivity contribution in [1.82, 2.24) is 0 Å². The Labute approximate surface area is 156 Å². The van der Waals surface area contributed by atoms with E-state index < -0.39 is 0 Å². The zero-order chi connectivity index (χ0) is 18.6. The largest absolute Gasteiger partial charge is 0.494 e. The lowest BCUT2D eigenvalue weighted by Crippen LogP contribution is -2.03. The van der Waals surface area contributed by atoms with Crippen molar-refractivity contribution in [2.24, 2.45) is 0 Å². The van der Waals surface area contributed by atoms with Crippen LogP contribution in [0.4, 0.5) is 0 Å². The maximum absolute atomic E-state index is 11.7. The molecular weight excluding hydrogens is 324 g/mol. The van der Waals surface area contributed by atoms with Gasteiger partial charge in [-0.25, -0.2) is 4.79 Å². The van der Waals surface area contributed by atoms with Gasteiger partial charge in [0, 0.05) is 0 Å². The van der Waals surface area contributed by atoms with Crippen molar-refractivity contribution in [2.75, 3.05) is 13.2 Å². The predicted octanol–water partition coefficient (Wildman–Crippen LogP) is 6.05. The van der Waals surface area contributed by atoms with E-state index in [0.717, 1.165) is 36.3 Å². The molecule has 3 nitrogen and oxygen atoms in total. The summed E-state index contributed by atoms with van der Waals surface area (Å²) in [7, 11) is 0. The molecule has 2 aromatic carbocycles. The molecule has 0 aliphatic carbocycles. The van der Waals surface area contributed by atoms with E-state index in [1.54, 1.807) is 19.1 Å². The number of unbranched alkanes of at least 4 members (excludes halogenated alkanes) is 4. The number of esters is 1. The molecule has 0 bridgehead atoms. The van der Waals surface area contributed by atoms with Crippen LogP contribution in [0.25, 0.3) is 11.1 Å². The fourth-order valence-electron chi connectivity index (χ4n) is 2.69. The van der Waals surface area contributed by atoms with Crippen LogP contribution < -0.4 is 4.74 Å². The molecule has 0 aliphatic heterocycles. The Kier molecular flexibility index (Phi) is 8.47. The van der Waals surface area contributed by atoms with E-state index in [9.17, 15) is 4.79 Å². The second-order valence-corrected chi connectivity index (χ2v) is 6.16. The van der Waals surface area contributed by atoms with E-state index >= 15 is 0 Å². The van der Waals surface area contributed by atoms with Gasteiger partial charge in [-0.2, -0.15) is 0 Å². The third kappa shape index (κ3) is 6.40. The van der Waals surface area contributed by atoms with Crippen LogP contribution in [0.2, 0.25) is 0 Å². The Morgan fingerprint density at radius 1 is 0.923 bits per heavy atom. The van der Waals surface area contributed by atoms with Crippen LogP contribution in [0, 0.1) is 0 Å². The fraction of sp³-hybridized carbons (Fsp3) is 0.348. The Morgan fingerprint density at radius 3 is 2.15 bits per heavy atom. The normalized spacial score (nSPS) is 10.3. The van der Waals surface area contributed by atoms with Crippen molar-refractivity contribution < 1.29 is 14.3 Å². The number of allylic oxidation sites excluding steroid dienone is 1. The first kappa shape index (κ1) is 19.8. The zero-order valence-corrected chi connectivity index (χ0v) is 15.6. The van der Waals surface area contributed by atoms with Crippen LogP contribution in [0.1, 0.15) is 49.4 Å². The van der Waals surface area contributed by atoms with Crippen molar-refractivity contribution in [1.29, 1.82) is 0 Å². The van der Waals surface area contributed by atoms with Gasteiger partial charge in [-0.05, 0) is 61.6 Å². The van der Waals surface area contributed by atoms with Crippen molar-refractivity contribution in [3.05, 3.63) is 66.7 Å². The monoisotopic (exact) mass is 352 g/mol. The van der Waals surface area contributed by atoms with E-state index in [-0.39, 0.29) is 5.97 Å². The summed E-state index contributed by atoms with van der Waals surface area (Å²) in [6.45, 7) is 6.68. The smallest absolute Gasteiger partial charge is 0.338 e. The average molecular weight is 352 g/mol. The summed E-state index contributed by atoms with van der Waals surface area (Å²) >= 11 is 0. The van der Waals surface area contributed by atoms with Gasteiger partial charge >= 0.3 is 5.97 Å². The minimum Gasteiger partial charge on any atom is -0.494 e. The van der Waals surface area contributed by atoms with Gasteiger partial charge in [0.1, 0.15) is 5.75 Å². The highest BCUT2D eigenvalue weighted by Gasteiger charge is 2.06. The van der Waals surface area contributed by atoms with Crippen molar-refractivity contribution in [3.63, 3.8) is 0 Å². The minimum absolute atomic E-state index is 0.285. The van der Waals surface area contributed by atoms with Crippen molar-refractivity contribution in [3.8, 4) is 16.9 Å². The number of hydrogen-bond donors (Lipinski definition) is 0. The number of hydrogen-bond acceptors (Lipinski definition) is 3. The number of carbonyl (C=O) groups is 1. The van der Waals surface area contributed by atoms with E-state index in [0.29, 0.717) is 12.2 Å². The first-order valence-corrected chi connectivity index (χ1v) is 9.36. The van der Waals surface area contributed by atoms with Gasteiger partial charge in [-0.1, -0.05) is 43.2 Å². The second-order valence-electron chi connectivity index (χ2n) is 6.16.